The predicted octanol–water partition coefficient (Wildman–Crippen LogP) is 6.66. The SMILES string of the molecule is COC(=O)[C@]12CC(=O)/C=C(\C)CC/C=C(\C)C(=O)C[C@@H](C(C)C)C(=O)[C@H]1CC(C)=C1C[C@H](OC(C)=O)[C@](C)(O)[C@H]3CC[C@@](C)(O)[C@H](CC/C(C)=C/[C@@H]12)O3. The highest BCUT2D eigenvalue weighted by molar-refractivity contribution is 6.01. The largest absolute Gasteiger partial charge is 0.469 e. The van der Waals surface area contributed by atoms with Crippen LogP contribution in [0.5, 0.6) is 0 Å². The van der Waals surface area contributed by atoms with Crippen LogP contribution in [0, 0.1) is 29.1 Å². The predicted molar refractivity (Wildman–Crippen MR) is 200 cm³/mol. The molecule has 0 unspecified atom stereocenters. The van der Waals surface area contributed by atoms with Crippen LogP contribution in [0.1, 0.15) is 127 Å². The number of carbonyl (C=O) groups excluding carboxylic acids is 5. The van der Waals surface area contributed by atoms with Gasteiger partial charge in [0.2, 0.25) is 0 Å². The number of Topliss-reactive ketones (excluding diaryl/α,β-unsaturated/α-hetero) is 2. The molecule has 0 spiro atoms. The summed E-state index contributed by atoms with van der Waals surface area (Å²) < 4.78 is 17.9. The first-order valence-electron chi connectivity index (χ1n) is 19.3. The molecule has 2 aliphatic carbocycles. The maximum atomic E-state index is 15.1. The van der Waals surface area contributed by atoms with E-state index in [2.05, 4.69) is 0 Å². The number of fused-ring (bicyclic) bond motifs is 5. The molecule has 53 heavy (non-hydrogen) atoms. The lowest BCUT2D eigenvalue weighted by Gasteiger charge is -2.51. The van der Waals surface area contributed by atoms with Gasteiger partial charge in [-0.05, 0) is 104 Å². The Hall–Kier alpha value is -3.21. The summed E-state index contributed by atoms with van der Waals surface area (Å²) in [4.78, 5) is 70.4. The third-order valence-corrected chi connectivity index (χ3v) is 12.6. The minimum absolute atomic E-state index is 0.00736. The van der Waals surface area contributed by atoms with Gasteiger partial charge in [0, 0.05) is 43.9 Å². The number of rotatable bonds is 3. The van der Waals surface area contributed by atoms with Crippen molar-refractivity contribution >= 4 is 29.3 Å². The number of esters is 2. The van der Waals surface area contributed by atoms with Gasteiger partial charge in [-0.3, -0.25) is 24.0 Å². The molecule has 2 N–H and O–H groups in total. The van der Waals surface area contributed by atoms with Gasteiger partial charge >= 0.3 is 11.9 Å². The van der Waals surface area contributed by atoms with E-state index < -0.39 is 64.6 Å². The first-order valence-corrected chi connectivity index (χ1v) is 19.3. The number of allylic oxidation sites excluding steroid dienone is 7. The fourth-order valence-corrected chi connectivity index (χ4v) is 9.19. The first-order chi connectivity index (χ1) is 24.6. The number of ether oxygens (including phenoxy) is 3. The molecule has 0 amide bonds. The van der Waals surface area contributed by atoms with Crippen LogP contribution in [-0.2, 0) is 38.2 Å². The lowest BCUT2D eigenvalue weighted by Crippen LogP contribution is -2.60. The van der Waals surface area contributed by atoms with E-state index in [1.54, 1.807) is 20.8 Å². The Morgan fingerprint density at radius 1 is 0.943 bits per heavy atom. The molecule has 0 aromatic rings. The van der Waals surface area contributed by atoms with E-state index in [0.29, 0.717) is 49.7 Å². The van der Waals surface area contributed by atoms with Gasteiger partial charge in [-0.25, -0.2) is 0 Å². The Kier molecular flexibility index (Phi) is 13.4. The van der Waals surface area contributed by atoms with Gasteiger partial charge in [-0.15, -0.1) is 0 Å². The zero-order valence-corrected chi connectivity index (χ0v) is 33.5. The molecule has 10 nitrogen and oxygen atoms in total. The summed E-state index contributed by atoms with van der Waals surface area (Å²) in [6, 6.07) is 0. The number of ketones is 3. The molecule has 0 aromatic heterocycles. The number of methoxy groups -OCH3 is 1. The molecule has 4 aliphatic rings. The van der Waals surface area contributed by atoms with Gasteiger partial charge in [0.05, 0.1) is 30.3 Å². The van der Waals surface area contributed by atoms with E-state index in [9.17, 15) is 29.4 Å². The van der Waals surface area contributed by atoms with E-state index in [1.807, 2.05) is 46.8 Å². The van der Waals surface area contributed by atoms with Crippen LogP contribution < -0.4 is 0 Å². The van der Waals surface area contributed by atoms with E-state index in [4.69, 9.17) is 14.2 Å². The standard InChI is InChI=1S/C43H62O10/c1-24(2)31-21-35(46)27(5)13-11-12-25(3)18-30(45)23-43(40(48)51-10)33-19-26(4)14-15-36-41(8,49)17-16-37(53-36)42(9,50)38(52-29(7)44)22-32(33)28(6)20-34(43)39(31)47/h13,18-19,24,31,33-34,36-38,49-50H,11-12,14-17,20-23H2,1-10H3/b25-18+,26-19+,27-13+/t31-,33-,34+,36-,37+,38-,41+,42+,43-/m0/s1. The van der Waals surface area contributed by atoms with Crippen molar-refractivity contribution in [2.24, 2.45) is 29.1 Å². The molecule has 294 valence electrons. The molecular formula is C43H62O10. The zero-order valence-electron chi connectivity index (χ0n) is 33.5. The molecule has 4 rings (SSSR count). The minimum Gasteiger partial charge on any atom is -0.469 e. The molecule has 2 aliphatic heterocycles. The van der Waals surface area contributed by atoms with E-state index in [1.165, 1.54) is 20.1 Å². The van der Waals surface area contributed by atoms with Crippen molar-refractivity contribution in [1.82, 2.24) is 0 Å². The molecule has 10 heteroatoms. The van der Waals surface area contributed by atoms with Crippen molar-refractivity contribution in [2.75, 3.05) is 7.11 Å². The average Bonchev–Trinajstić information content (AvgIpc) is 3.06. The molecule has 9 atom stereocenters. The van der Waals surface area contributed by atoms with E-state index >= 15 is 4.79 Å². The van der Waals surface area contributed by atoms with Crippen molar-refractivity contribution in [1.29, 1.82) is 0 Å². The third kappa shape index (κ3) is 9.03. The van der Waals surface area contributed by atoms with Crippen LogP contribution in [0.15, 0.2) is 46.1 Å². The smallest absolute Gasteiger partial charge is 0.313 e. The molecule has 0 aromatic carbocycles. The second kappa shape index (κ2) is 16.7. The van der Waals surface area contributed by atoms with Crippen LogP contribution in [-0.4, -0.2) is 76.1 Å². The Bertz CT molecular complexity index is 1590. The van der Waals surface area contributed by atoms with Crippen molar-refractivity contribution in [2.45, 2.75) is 156 Å². The maximum absolute atomic E-state index is 15.1. The fraction of sp³-hybridized carbons (Fsp3) is 0.698. The van der Waals surface area contributed by atoms with Crippen molar-refractivity contribution < 1.29 is 48.4 Å². The van der Waals surface area contributed by atoms with Gasteiger partial charge in [0.15, 0.2) is 11.6 Å². The van der Waals surface area contributed by atoms with Gasteiger partial charge in [0.1, 0.15) is 17.5 Å². The topological polar surface area (TPSA) is 154 Å². The van der Waals surface area contributed by atoms with Crippen LogP contribution in [0.3, 0.4) is 0 Å². The summed E-state index contributed by atoms with van der Waals surface area (Å²) >= 11 is 0. The fourth-order valence-electron chi connectivity index (χ4n) is 9.19. The minimum atomic E-state index is -1.73. The normalized spacial score (nSPS) is 39.7. The molecule has 0 radical (unpaired) electrons. The van der Waals surface area contributed by atoms with Crippen molar-refractivity contribution in [3.63, 3.8) is 0 Å². The summed E-state index contributed by atoms with van der Waals surface area (Å²) in [5, 5.41) is 23.6. The second-order valence-corrected chi connectivity index (χ2v) is 17.1. The van der Waals surface area contributed by atoms with Crippen LogP contribution in [0.25, 0.3) is 0 Å². The van der Waals surface area contributed by atoms with Crippen LogP contribution in [0.4, 0.5) is 0 Å². The van der Waals surface area contributed by atoms with E-state index in [0.717, 1.165) is 16.7 Å². The first kappa shape index (κ1) is 42.5. The van der Waals surface area contributed by atoms with E-state index in [-0.39, 0.29) is 49.0 Å². The lowest BCUT2D eigenvalue weighted by molar-refractivity contribution is -0.239. The monoisotopic (exact) mass is 738 g/mol. The number of aliphatic hydroxyl groups is 2. The molecule has 0 saturated carbocycles. The Balaban J connectivity index is 2.06. The van der Waals surface area contributed by atoms with Gasteiger partial charge < -0.3 is 24.4 Å². The highest BCUT2D eigenvalue weighted by Gasteiger charge is 2.60. The Morgan fingerprint density at radius 2 is 1.62 bits per heavy atom. The molecule has 2 bridgehead atoms. The highest BCUT2D eigenvalue weighted by Crippen LogP contribution is 2.56. The highest BCUT2D eigenvalue weighted by atomic mass is 16.6. The summed E-state index contributed by atoms with van der Waals surface area (Å²) in [6.45, 7) is 15.7. The summed E-state index contributed by atoms with van der Waals surface area (Å²) in [7, 11) is 1.26. The number of hydrogen-bond acceptors (Lipinski definition) is 10. The number of carbonyl (C=O) groups is 5. The summed E-state index contributed by atoms with van der Waals surface area (Å²) in [5.74, 6) is -4.91. The quantitative estimate of drug-likeness (QED) is 0.238. The number of hydrogen-bond donors (Lipinski definition) is 2. The summed E-state index contributed by atoms with van der Waals surface area (Å²) in [5.41, 5.74) is -0.967. The molecule has 1 fully saturated rings. The third-order valence-electron chi connectivity index (χ3n) is 12.6. The van der Waals surface area contributed by atoms with Crippen LogP contribution >= 0.6 is 0 Å². The second-order valence-electron chi connectivity index (χ2n) is 17.1. The van der Waals surface area contributed by atoms with Crippen LogP contribution in [0.2, 0.25) is 0 Å². The Morgan fingerprint density at radius 3 is 2.25 bits per heavy atom. The average molecular weight is 739 g/mol. The Labute approximate surface area is 315 Å². The van der Waals surface area contributed by atoms with Crippen molar-refractivity contribution in [3.05, 3.63) is 46.1 Å². The van der Waals surface area contributed by atoms with Gasteiger partial charge in [-0.1, -0.05) is 48.3 Å². The van der Waals surface area contributed by atoms with Gasteiger partial charge in [-0.2, -0.15) is 0 Å². The lowest BCUT2D eigenvalue weighted by atomic mass is 9.52. The molecular weight excluding hydrogens is 676 g/mol. The van der Waals surface area contributed by atoms with Crippen molar-refractivity contribution in [3.8, 4) is 0 Å². The van der Waals surface area contributed by atoms with Gasteiger partial charge in [0.25, 0.3) is 0 Å². The summed E-state index contributed by atoms with van der Waals surface area (Å²) in [6.07, 6.45) is 5.14. The maximum Gasteiger partial charge on any atom is 0.313 e. The molecule has 2 heterocycles. The molecule has 1 saturated heterocycles. The zero-order chi connectivity index (χ0) is 39.6.